The minimum Gasteiger partial charge on any atom is -0.495 e. The Hall–Kier alpha value is -3.25. The number of nitrogens with one attached hydrogen (secondary N) is 2. The van der Waals surface area contributed by atoms with Crippen LogP contribution in [0.25, 0.3) is 11.0 Å². The number of pyridine rings is 3. The number of likely N-dealkylation sites (tertiary alicyclic amines) is 1. The first kappa shape index (κ1) is 24.4. The Morgan fingerprint density at radius 3 is 2.97 bits per heavy atom. The summed E-state index contributed by atoms with van der Waals surface area (Å²) in [6.45, 7) is 3.18. The Morgan fingerprint density at radius 2 is 2.14 bits per heavy atom. The van der Waals surface area contributed by atoms with Gasteiger partial charge in [0.25, 0.3) is 11.5 Å². The Balaban J connectivity index is 1.17. The Morgan fingerprint density at radius 1 is 1.28 bits per heavy atom. The fourth-order valence-corrected chi connectivity index (χ4v) is 4.79. The first-order valence-electron chi connectivity index (χ1n) is 11.7. The zero-order valence-electron chi connectivity index (χ0n) is 19.7. The van der Waals surface area contributed by atoms with Crippen molar-refractivity contribution in [3.63, 3.8) is 0 Å². The number of β-amino-alcohol motifs (C(OH)–C–C–N with tert-alkyl or cyclic N) is 1. The van der Waals surface area contributed by atoms with Crippen molar-refractivity contribution < 1.29 is 19.4 Å². The maximum Gasteiger partial charge on any atom is 0.263 e. The van der Waals surface area contributed by atoms with Crippen LogP contribution in [0.2, 0.25) is 5.02 Å². The second-order valence-electron chi connectivity index (χ2n) is 8.92. The monoisotopic (exact) mass is 514 g/mol. The quantitative estimate of drug-likeness (QED) is 0.400. The van der Waals surface area contributed by atoms with E-state index in [-0.39, 0.29) is 24.0 Å². The molecule has 2 atom stereocenters. The molecule has 0 saturated carbocycles. The van der Waals surface area contributed by atoms with Crippen molar-refractivity contribution in [3.8, 4) is 11.5 Å². The molecule has 0 aromatic carbocycles. The second kappa shape index (κ2) is 10.4. The molecule has 5 heterocycles. The topological polar surface area (TPSA) is 131 Å². The van der Waals surface area contributed by atoms with E-state index in [1.165, 1.54) is 6.07 Å². The Bertz CT molecular complexity index is 1350. The molecule has 3 aromatic heterocycles. The van der Waals surface area contributed by atoms with E-state index >= 15 is 0 Å². The third-order valence-corrected chi connectivity index (χ3v) is 6.83. The number of aliphatic hydroxyl groups excluding tert-OH is 1. The van der Waals surface area contributed by atoms with Crippen LogP contribution in [0.15, 0.2) is 35.3 Å². The van der Waals surface area contributed by atoms with E-state index in [0.717, 1.165) is 11.0 Å². The molecule has 11 nitrogen and oxygen atoms in total. The molecule has 12 heteroatoms. The molecule has 0 bridgehead atoms. The van der Waals surface area contributed by atoms with Crippen molar-refractivity contribution in [1.82, 2.24) is 24.8 Å². The summed E-state index contributed by atoms with van der Waals surface area (Å²) in [5.41, 5.74) is 1.92. The lowest BCUT2D eigenvalue weighted by atomic mass is 10.1. The molecule has 1 amide bonds. The van der Waals surface area contributed by atoms with Crippen LogP contribution in [0.5, 0.6) is 11.5 Å². The van der Waals surface area contributed by atoms with Crippen LogP contribution in [-0.2, 0) is 17.9 Å². The fraction of sp³-hybridized carbons (Fsp3) is 0.417. The largest absolute Gasteiger partial charge is 0.495 e. The van der Waals surface area contributed by atoms with E-state index in [9.17, 15) is 14.7 Å². The molecule has 36 heavy (non-hydrogen) atoms. The highest BCUT2D eigenvalue weighted by Crippen LogP contribution is 2.30. The standard InChI is InChI=1S/C24H27ClN6O5/c1-35-15-6-19-17(27-9-15)2-3-23(34)31(19)5-4-30-11-14(20(32)12-30)8-26-10-18-16(25)7-21-24(28-18)29-22(33)13-36-21/h2-3,6-7,9,14,20,26,32H,4-5,8,10-13H2,1H3,(H,28,29,33)/t14?,20-/m1/s1. The highest BCUT2D eigenvalue weighted by atomic mass is 35.5. The highest BCUT2D eigenvalue weighted by Gasteiger charge is 2.31. The number of halogens is 1. The zero-order chi connectivity index (χ0) is 25.2. The number of aromatic nitrogens is 3. The van der Waals surface area contributed by atoms with E-state index in [4.69, 9.17) is 21.1 Å². The molecule has 2 aliphatic heterocycles. The lowest BCUT2D eigenvalue weighted by Crippen LogP contribution is -2.31. The first-order chi connectivity index (χ1) is 17.4. The van der Waals surface area contributed by atoms with Gasteiger partial charge in [0.1, 0.15) is 5.75 Å². The molecule has 190 valence electrons. The smallest absolute Gasteiger partial charge is 0.263 e. The number of carbonyl (C=O) groups is 1. The van der Waals surface area contributed by atoms with Crippen molar-refractivity contribution in [2.45, 2.75) is 19.2 Å². The number of anilines is 1. The molecule has 3 aromatic rings. The molecular formula is C24H27ClN6O5. The molecule has 5 rings (SSSR count). The molecule has 1 saturated heterocycles. The van der Waals surface area contributed by atoms with Gasteiger partial charge in [0.15, 0.2) is 18.2 Å². The molecule has 1 fully saturated rings. The zero-order valence-corrected chi connectivity index (χ0v) is 20.5. The van der Waals surface area contributed by atoms with Crippen molar-refractivity contribution in [1.29, 1.82) is 0 Å². The minimum absolute atomic E-state index is 0.00967. The first-order valence-corrected chi connectivity index (χ1v) is 12.1. The predicted octanol–water partition coefficient (Wildman–Crippen LogP) is 0.867. The van der Waals surface area contributed by atoms with Crippen LogP contribution in [0, 0.1) is 5.92 Å². The maximum atomic E-state index is 12.5. The Labute approximate surface area is 212 Å². The summed E-state index contributed by atoms with van der Waals surface area (Å²) in [7, 11) is 1.57. The molecule has 1 unspecified atom stereocenters. The van der Waals surface area contributed by atoms with Gasteiger partial charge in [-0.05, 0) is 6.07 Å². The number of amides is 1. The SMILES string of the molecule is COc1cnc2ccc(=O)n(CCN3CC(CNCc4nc5c(cc4Cl)OCC(=O)N5)[C@H](O)C3)c2c1. The van der Waals surface area contributed by atoms with Gasteiger partial charge in [-0.2, -0.15) is 0 Å². The van der Waals surface area contributed by atoms with Gasteiger partial charge in [-0.25, -0.2) is 4.98 Å². The van der Waals surface area contributed by atoms with Crippen LogP contribution >= 0.6 is 11.6 Å². The average molecular weight is 515 g/mol. The number of methoxy groups -OCH3 is 1. The summed E-state index contributed by atoms with van der Waals surface area (Å²) < 4.78 is 12.3. The highest BCUT2D eigenvalue weighted by molar-refractivity contribution is 6.31. The van der Waals surface area contributed by atoms with Gasteiger partial charge in [0.05, 0.1) is 41.2 Å². The number of rotatable bonds is 8. The minimum atomic E-state index is -0.497. The number of nitrogens with zero attached hydrogens (tertiary/aromatic N) is 4. The van der Waals surface area contributed by atoms with Gasteiger partial charge >= 0.3 is 0 Å². The van der Waals surface area contributed by atoms with Gasteiger partial charge in [-0.15, -0.1) is 0 Å². The predicted molar refractivity (Wildman–Crippen MR) is 134 cm³/mol. The van der Waals surface area contributed by atoms with Gasteiger partial charge in [0.2, 0.25) is 0 Å². The summed E-state index contributed by atoms with van der Waals surface area (Å²) in [4.78, 5) is 35.0. The van der Waals surface area contributed by atoms with Gasteiger partial charge in [-0.1, -0.05) is 11.6 Å². The Kier molecular flexibility index (Phi) is 7.06. The average Bonchev–Trinajstić information content (AvgIpc) is 3.22. The summed E-state index contributed by atoms with van der Waals surface area (Å²) in [6, 6.07) is 6.68. The lowest BCUT2D eigenvalue weighted by Gasteiger charge is -2.19. The van der Waals surface area contributed by atoms with Crippen molar-refractivity contribution in [3.05, 3.63) is 51.5 Å². The van der Waals surface area contributed by atoms with Crippen molar-refractivity contribution in [2.24, 2.45) is 5.92 Å². The number of ether oxygens (including phenoxy) is 2. The van der Waals surface area contributed by atoms with E-state index in [1.54, 1.807) is 30.0 Å². The molecule has 0 spiro atoms. The van der Waals surface area contributed by atoms with Crippen LogP contribution < -0.4 is 25.7 Å². The van der Waals surface area contributed by atoms with Crippen molar-refractivity contribution >= 4 is 34.4 Å². The molecular weight excluding hydrogens is 488 g/mol. The summed E-state index contributed by atoms with van der Waals surface area (Å²) in [5.74, 6) is 1.15. The number of carbonyl (C=O) groups excluding carboxylic acids is 1. The fourth-order valence-electron chi connectivity index (χ4n) is 4.58. The number of aliphatic hydroxyl groups is 1. The van der Waals surface area contributed by atoms with E-state index in [1.807, 2.05) is 6.07 Å². The van der Waals surface area contributed by atoms with Crippen LogP contribution in [-0.4, -0.2) is 76.4 Å². The molecule has 2 aliphatic rings. The number of fused-ring (bicyclic) bond motifs is 2. The molecule has 0 radical (unpaired) electrons. The second-order valence-corrected chi connectivity index (χ2v) is 9.33. The molecule has 3 N–H and O–H groups in total. The summed E-state index contributed by atoms with van der Waals surface area (Å²) in [6.07, 6.45) is 1.13. The normalized spacial score (nSPS) is 19.7. The lowest BCUT2D eigenvalue weighted by molar-refractivity contribution is -0.118. The van der Waals surface area contributed by atoms with E-state index < -0.39 is 6.10 Å². The summed E-state index contributed by atoms with van der Waals surface area (Å²) in [5, 5.41) is 17.0. The summed E-state index contributed by atoms with van der Waals surface area (Å²) >= 11 is 6.32. The third-order valence-electron chi connectivity index (χ3n) is 6.50. The molecule has 0 aliphatic carbocycles. The maximum absolute atomic E-state index is 12.5. The van der Waals surface area contributed by atoms with Crippen LogP contribution in [0.4, 0.5) is 5.82 Å². The number of hydrogen-bond donors (Lipinski definition) is 3. The van der Waals surface area contributed by atoms with Crippen molar-refractivity contribution in [2.75, 3.05) is 45.2 Å². The number of hydrogen-bond acceptors (Lipinski definition) is 9. The van der Waals surface area contributed by atoms with E-state index in [0.29, 0.717) is 67.3 Å². The van der Waals surface area contributed by atoms with Crippen LogP contribution in [0.1, 0.15) is 5.69 Å². The van der Waals surface area contributed by atoms with Gasteiger partial charge in [-0.3, -0.25) is 19.5 Å². The third kappa shape index (κ3) is 5.14. The van der Waals surface area contributed by atoms with Crippen LogP contribution in [0.3, 0.4) is 0 Å². The van der Waals surface area contributed by atoms with Gasteiger partial charge < -0.3 is 29.8 Å². The van der Waals surface area contributed by atoms with Gasteiger partial charge in [0, 0.05) is 63.4 Å². The van der Waals surface area contributed by atoms with E-state index in [2.05, 4.69) is 25.5 Å².